The average molecular weight is 224 g/mol. The molecule has 0 fully saturated rings. The van der Waals surface area contributed by atoms with Crippen molar-refractivity contribution in [2.75, 3.05) is 7.11 Å². The van der Waals surface area contributed by atoms with Crippen LogP contribution in [0.25, 0.3) is 11.2 Å². The van der Waals surface area contributed by atoms with Gasteiger partial charge in [0, 0.05) is 21.1 Å². The minimum Gasteiger partial charge on any atom is -0.468 e. The Hall–Kier alpha value is -2.05. The Morgan fingerprint density at radius 2 is 1.69 bits per heavy atom. The van der Waals surface area contributed by atoms with Gasteiger partial charge in [-0.1, -0.05) is 0 Å². The number of hydrogen-bond donors (Lipinski definition) is 0. The molecule has 2 heterocycles. The molecule has 0 unspecified atom stereocenters. The van der Waals surface area contributed by atoms with Gasteiger partial charge in [0.05, 0.1) is 7.11 Å². The van der Waals surface area contributed by atoms with Crippen LogP contribution in [0.4, 0.5) is 0 Å². The number of aryl methyl sites for hydroxylation is 2. The van der Waals surface area contributed by atoms with Gasteiger partial charge in [-0.2, -0.15) is 4.98 Å². The zero-order valence-electron chi connectivity index (χ0n) is 9.51. The van der Waals surface area contributed by atoms with Crippen LogP contribution >= 0.6 is 0 Å². The monoisotopic (exact) mass is 224 g/mol. The molecule has 0 N–H and O–H groups in total. The van der Waals surface area contributed by atoms with E-state index < -0.39 is 5.69 Å². The fourth-order valence-corrected chi connectivity index (χ4v) is 1.68. The molecule has 2 aromatic rings. The van der Waals surface area contributed by atoms with E-state index in [9.17, 15) is 9.59 Å². The Kier molecular flexibility index (Phi) is 2.11. The predicted molar refractivity (Wildman–Crippen MR) is 57.7 cm³/mol. The second-order valence-corrected chi connectivity index (χ2v) is 3.54. The van der Waals surface area contributed by atoms with E-state index >= 15 is 0 Å². The third-order valence-corrected chi connectivity index (χ3v) is 2.62. The number of rotatable bonds is 1. The van der Waals surface area contributed by atoms with Crippen LogP contribution < -0.4 is 16.0 Å². The average Bonchev–Trinajstić information content (AvgIpc) is 2.61. The van der Waals surface area contributed by atoms with E-state index in [-0.39, 0.29) is 5.56 Å². The summed E-state index contributed by atoms with van der Waals surface area (Å²) in [7, 11) is 6.13. The van der Waals surface area contributed by atoms with E-state index in [1.807, 2.05) is 0 Å². The lowest BCUT2D eigenvalue weighted by Crippen LogP contribution is -2.37. The Labute approximate surface area is 90.5 Å². The number of aromatic nitrogens is 4. The van der Waals surface area contributed by atoms with Crippen LogP contribution in [0.3, 0.4) is 0 Å². The van der Waals surface area contributed by atoms with Crippen LogP contribution in [0.5, 0.6) is 6.01 Å². The van der Waals surface area contributed by atoms with E-state index in [0.717, 1.165) is 4.57 Å². The normalized spacial score (nSPS) is 11.0. The van der Waals surface area contributed by atoms with E-state index in [1.54, 1.807) is 14.1 Å². The molecule has 0 atom stereocenters. The highest BCUT2D eigenvalue weighted by molar-refractivity contribution is 5.71. The van der Waals surface area contributed by atoms with E-state index in [2.05, 4.69) is 4.98 Å². The third-order valence-electron chi connectivity index (χ3n) is 2.62. The Morgan fingerprint density at radius 3 is 2.25 bits per heavy atom. The van der Waals surface area contributed by atoms with E-state index in [1.165, 1.54) is 23.3 Å². The first kappa shape index (κ1) is 10.5. The largest absolute Gasteiger partial charge is 0.468 e. The lowest BCUT2D eigenvalue weighted by atomic mass is 10.5. The second-order valence-electron chi connectivity index (χ2n) is 3.54. The first-order chi connectivity index (χ1) is 7.49. The molecule has 0 aliphatic carbocycles. The summed E-state index contributed by atoms with van der Waals surface area (Å²) < 4.78 is 8.90. The van der Waals surface area contributed by atoms with Gasteiger partial charge in [-0.05, 0) is 0 Å². The van der Waals surface area contributed by atoms with Crippen LogP contribution in [0.1, 0.15) is 0 Å². The maximum atomic E-state index is 11.9. The first-order valence-corrected chi connectivity index (χ1v) is 4.65. The van der Waals surface area contributed by atoms with Crippen molar-refractivity contribution in [2.45, 2.75) is 0 Å². The topological polar surface area (TPSA) is 71.1 Å². The zero-order valence-corrected chi connectivity index (χ0v) is 9.51. The molecule has 0 saturated heterocycles. The number of imidazole rings is 1. The molecule has 7 heteroatoms. The van der Waals surface area contributed by atoms with Crippen LogP contribution in [-0.2, 0) is 21.1 Å². The summed E-state index contributed by atoms with van der Waals surface area (Å²) in [5.41, 5.74) is -0.108. The minimum absolute atomic E-state index is 0.299. The molecule has 0 amide bonds. The molecular weight excluding hydrogens is 212 g/mol. The molecule has 0 saturated carbocycles. The Balaban J connectivity index is 3.13. The van der Waals surface area contributed by atoms with Crippen molar-refractivity contribution in [1.29, 1.82) is 0 Å². The van der Waals surface area contributed by atoms with Crippen molar-refractivity contribution in [3.63, 3.8) is 0 Å². The fourth-order valence-electron chi connectivity index (χ4n) is 1.68. The molecule has 86 valence electrons. The van der Waals surface area contributed by atoms with Crippen LogP contribution in [-0.4, -0.2) is 25.8 Å². The molecule has 2 aromatic heterocycles. The molecular formula is C9H12N4O3. The fraction of sp³-hybridized carbons (Fsp3) is 0.444. The summed E-state index contributed by atoms with van der Waals surface area (Å²) in [6, 6.07) is 0.299. The molecule has 0 aromatic carbocycles. The van der Waals surface area contributed by atoms with E-state index in [4.69, 9.17) is 4.74 Å². The van der Waals surface area contributed by atoms with Gasteiger partial charge in [-0.3, -0.25) is 18.5 Å². The van der Waals surface area contributed by atoms with Crippen molar-refractivity contribution in [1.82, 2.24) is 18.7 Å². The summed E-state index contributed by atoms with van der Waals surface area (Å²) >= 11 is 0. The van der Waals surface area contributed by atoms with Gasteiger partial charge in [0.25, 0.3) is 11.6 Å². The summed E-state index contributed by atoms with van der Waals surface area (Å²) in [6.45, 7) is 0. The molecule has 2 rings (SSSR count). The first-order valence-electron chi connectivity index (χ1n) is 4.65. The van der Waals surface area contributed by atoms with Crippen molar-refractivity contribution < 1.29 is 4.74 Å². The van der Waals surface area contributed by atoms with Crippen LogP contribution in [0.15, 0.2) is 9.59 Å². The maximum absolute atomic E-state index is 11.9. The summed E-state index contributed by atoms with van der Waals surface area (Å²) in [5, 5.41) is 0. The number of methoxy groups -OCH3 is 1. The van der Waals surface area contributed by atoms with Crippen LogP contribution in [0, 0.1) is 0 Å². The van der Waals surface area contributed by atoms with Gasteiger partial charge in [0.15, 0.2) is 11.2 Å². The Bertz CT molecular complexity index is 677. The predicted octanol–water partition coefficient (Wildman–Crippen LogP) is -1.02. The molecule has 0 bridgehead atoms. The van der Waals surface area contributed by atoms with Gasteiger partial charge in [0.1, 0.15) is 0 Å². The summed E-state index contributed by atoms with van der Waals surface area (Å²) in [4.78, 5) is 27.6. The standard InChI is InChI=1S/C9H12N4O3/c1-11-5-6(10-8(11)16-4)12(2)9(15)13(3)7(5)14/h1-4H3. The second kappa shape index (κ2) is 3.22. The SMILES string of the molecule is COc1nc2c(c(=O)n(C)c(=O)n2C)n1C. The number of fused-ring (bicyclic) bond motifs is 1. The molecule has 16 heavy (non-hydrogen) atoms. The van der Waals surface area contributed by atoms with Gasteiger partial charge in [0.2, 0.25) is 0 Å². The van der Waals surface area contributed by atoms with Crippen molar-refractivity contribution in [2.24, 2.45) is 21.1 Å². The Morgan fingerprint density at radius 1 is 1.06 bits per heavy atom. The highest BCUT2D eigenvalue weighted by atomic mass is 16.5. The highest BCUT2D eigenvalue weighted by Crippen LogP contribution is 2.14. The highest BCUT2D eigenvalue weighted by Gasteiger charge is 2.16. The van der Waals surface area contributed by atoms with Gasteiger partial charge in [-0.25, -0.2) is 4.79 Å². The molecule has 0 aliphatic rings. The molecule has 0 aliphatic heterocycles. The zero-order chi connectivity index (χ0) is 12.0. The van der Waals surface area contributed by atoms with Crippen molar-refractivity contribution >= 4 is 11.2 Å². The number of ether oxygens (including phenoxy) is 1. The summed E-state index contributed by atoms with van der Waals surface area (Å²) in [6.07, 6.45) is 0. The summed E-state index contributed by atoms with van der Waals surface area (Å²) in [5.74, 6) is 0. The quantitative estimate of drug-likeness (QED) is 0.621. The number of hydrogen-bond acceptors (Lipinski definition) is 4. The maximum Gasteiger partial charge on any atom is 0.332 e. The number of nitrogens with zero attached hydrogens (tertiary/aromatic N) is 4. The van der Waals surface area contributed by atoms with E-state index in [0.29, 0.717) is 17.2 Å². The van der Waals surface area contributed by atoms with Gasteiger partial charge >= 0.3 is 5.69 Å². The van der Waals surface area contributed by atoms with Gasteiger partial charge < -0.3 is 4.74 Å². The smallest absolute Gasteiger partial charge is 0.332 e. The lowest BCUT2D eigenvalue weighted by Gasteiger charge is -2.02. The third kappa shape index (κ3) is 1.11. The molecule has 7 nitrogen and oxygen atoms in total. The molecule has 0 spiro atoms. The minimum atomic E-state index is -0.404. The lowest BCUT2D eigenvalue weighted by molar-refractivity contribution is 0.368. The van der Waals surface area contributed by atoms with Gasteiger partial charge in [-0.15, -0.1) is 0 Å². The van der Waals surface area contributed by atoms with Crippen molar-refractivity contribution in [3.05, 3.63) is 20.8 Å². The molecule has 0 radical (unpaired) electrons. The van der Waals surface area contributed by atoms with Crippen LogP contribution in [0.2, 0.25) is 0 Å². The van der Waals surface area contributed by atoms with Crippen molar-refractivity contribution in [3.8, 4) is 6.01 Å².